The lowest BCUT2D eigenvalue weighted by molar-refractivity contribution is -0.157. The predicted octanol–water partition coefficient (Wildman–Crippen LogP) is 4.23. The molecule has 36 heavy (non-hydrogen) atoms. The molecule has 5 atom stereocenters. The Balaban J connectivity index is 1.76. The molecular formula is C28H40N2O6. The van der Waals surface area contributed by atoms with Gasteiger partial charge in [0.2, 0.25) is 0 Å². The number of fused-ring (bicyclic) bond motifs is 6. The minimum Gasteiger partial charge on any atom is -0.493 e. The fourth-order valence-corrected chi connectivity index (χ4v) is 6.42. The maximum Gasteiger partial charge on any atom is 0.319 e. The number of rotatable bonds is 9. The largest absolute Gasteiger partial charge is 0.493 e. The minimum absolute atomic E-state index is 0.00209. The zero-order chi connectivity index (χ0) is 26.0. The molecule has 2 aliphatic heterocycles. The zero-order valence-electron chi connectivity index (χ0n) is 22.4. The Hall–Kier alpha value is -2.74. The van der Waals surface area contributed by atoms with Crippen LogP contribution in [-0.2, 0) is 30.9 Å². The number of aromatic nitrogens is 1. The van der Waals surface area contributed by atoms with Gasteiger partial charge >= 0.3 is 11.9 Å². The van der Waals surface area contributed by atoms with E-state index in [1.165, 1.54) is 6.92 Å². The van der Waals surface area contributed by atoms with Crippen molar-refractivity contribution >= 4 is 22.8 Å². The molecule has 3 heterocycles. The molecule has 2 aromatic rings. The second-order valence-corrected chi connectivity index (χ2v) is 10.4. The molecule has 0 aliphatic carbocycles. The summed E-state index contributed by atoms with van der Waals surface area (Å²) in [5, 5.41) is 1.07. The van der Waals surface area contributed by atoms with Crippen molar-refractivity contribution in [1.29, 1.82) is 0 Å². The second-order valence-electron chi connectivity index (χ2n) is 10.4. The summed E-state index contributed by atoms with van der Waals surface area (Å²) in [6.07, 6.45) is 3.33. The van der Waals surface area contributed by atoms with Gasteiger partial charge in [0.05, 0.1) is 27.4 Å². The van der Waals surface area contributed by atoms with Gasteiger partial charge in [-0.1, -0.05) is 6.92 Å². The molecule has 8 nitrogen and oxygen atoms in total. The van der Waals surface area contributed by atoms with E-state index in [1.54, 1.807) is 14.2 Å². The van der Waals surface area contributed by atoms with Crippen molar-refractivity contribution in [2.75, 3.05) is 40.5 Å². The summed E-state index contributed by atoms with van der Waals surface area (Å²) in [6.45, 7) is 10.3. The summed E-state index contributed by atoms with van der Waals surface area (Å²) >= 11 is 0. The number of aromatic amines is 1. The summed E-state index contributed by atoms with van der Waals surface area (Å²) in [5.74, 6) is 1.63. The Morgan fingerprint density at radius 3 is 2.58 bits per heavy atom. The van der Waals surface area contributed by atoms with Gasteiger partial charge in [0.15, 0.2) is 11.5 Å². The molecule has 0 amide bonds. The van der Waals surface area contributed by atoms with Crippen molar-refractivity contribution in [3.8, 4) is 11.5 Å². The van der Waals surface area contributed by atoms with Gasteiger partial charge in [-0.05, 0) is 63.0 Å². The van der Waals surface area contributed by atoms with Gasteiger partial charge < -0.3 is 23.9 Å². The van der Waals surface area contributed by atoms with Crippen molar-refractivity contribution in [2.24, 2.45) is 11.8 Å². The van der Waals surface area contributed by atoms with Gasteiger partial charge in [-0.2, -0.15) is 0 Å². The Morgan fingerprint density at radius 2 is 1.92 bits per heavy atom. The molecule has 2 aliphatic rings. The van der Waals surface area contributed by atoms with E-state index in [9.17, 15) is 9.59 Å². The molecule has 4 unspecified atom stereocenters. The van der Waals surface area contributed by atoms with Crippen LogP contribution in [0.4, 0.5) is 0 Å². The molecule has 0 saturated carbocycles. The summed E-state index contributed by atoms with van der Waals surface area (Å²) in [6, 6.07) is 3.98. The zero-order valence-corrected chi connectivity index (χ0v) is 22.4. The number of benzene rings is 1. The highest BCUT2D eigenvalue weighted by molar-refractivity contribution is 5.93. The molecule has 0 spiro atoms. The maximum absolute atomic E-state index is 13.9. The van der Waals surface area contributed by atoms with Crippen LogP contribution in [0.2, 0.25) is 0 Å². The number of nitrogens with zero attached hydrogens (tertiary/aromatic N) is 1. The number of carbonyl (C=O) groups excluding carboxylic acids is 2. The Bertz CT molecular complexity index is 1110. The summed E-state index contributed by atoms with van der Waals surface area (Å²) in [5.41, 5.74) is 2.29. The Labute approximate surface area is 213 Å². The van der Waals surface area contributed by atoms with E-state index in [4.69, 9.17) is 18.9 Å². The monoisotopic (exact) mass is 500 g/mol. The number of carbonyl (C=O) groups is 2. The lowest BCUT2D eigenvalue weighted by Crippen LogP contribution is -2.60. The SMILES string of the molecule is CCOC(=O)C12C[C@H](CC(C)CCOC(C)=O)CN(CCc3c1[nH]c1cc(OC)c(OC)cc31)C2C. The van der Waals surface area contributed by atoms with Crippen molar-refractivity contribution in [3.05, 3.63) is 23.4 Å². The van der Waals surface area contributed by atoms with Crippen molar-refractivity contribution < 1.29 is 28.5 Å². The van der Waals surface area contributed by atoms with Crippen LogP contribution in [0.5, 0.6) is 11.5 Å². The lowest BCUT2D eigenvalue weighted by Gasteiger charge is -2.48. The maximum atomic E-state index is 13.9. The van der Waals surface area contributed by atoms with Crippen LogP contribution < -0.4 is 9.47 Å². The molecule has 198 valence electrons. The van der Waals surface area contributed by atoms with Crippen LogP contribution >= 0.6 is 0 Å². The number of hydrogen-bond donors (Lipinski definition) is 1. The molecule has 1 aromatic carbocycles. The first-order valence-corrected chi connectivity index (χ1v) is 13.1. The van der Waals surface area contributed by atoms with Gasteiger partial charge in [-0.3, -0.25) is 14.5 Å². The number of nitrogens with one attached hydrogen (secondary N) is 1. The van der Waals surface area contributed by atoms with Gasteiger partial charge in [0.1, 0.15) is 5.41 Å². The van der Waals surface area contributed by atoms with E-state index in [2.05, 4.69) is 23.7 Å². The highest BCUT2D eigenvalue weighted by Crippen LogP contribution is 2.49. The minimum atomic E-state index is -0.792. The Morgan fingerprint density at radius 1 is 1.19 bits per heavy atom. The summed E-state index contributed by atoms with van der Waals surface area (Å²) < 4.78 is 22.1. The quantitative estimate of drug-likeness (QED) is 0.515. The van der Waals surface area contributed by atoms with Crippen LogP contribution in [0.3, 0.4) is 0 Å². The molecule has 2 bridgehead atoms. The highest BCUT2D eigenvalue weighted by Gasteiger charge is 2.56. The van der Waals surface area contributed by atoms with Crippen molar-refractivity contribution in [1.82, 2.24) is 9.88 Å². The highest BCUT2D eigenvalue weighted by atomic mass is 16.5. The molecule has 8 heteroatoms. The Kier molecular flexibility index (Phi) is 7.83. The first-order chi connectivity index (χ1) is 17.2. The number of ether oxygens (including phenoxy) is 4. The first kappa shape index (κ1) is 26.3. The fourth-order valence-electron chi connectivity index (χ4n) is 6.42. The van der Waals surface area contributed by atoms with E-state index >= 15 is 0 Å². The fraction of sp³-hybridized carbons (Fsp3) is 0.643. The smallest absolute Gasteiger partial charge is 0.319 e. The normalized spacial score (nSPS) is 26.0. The van der Waals surface area contributed by atoms with E-state index in [0.717, 1.165) is 60.9 Å². The standard InChI is InChI=1S/C28H40N2O6/c1-7-35-27(32)28-15-20(12-17(2)9-11-36-19(4)31)16-30(18(28)3)10-8-21-22-13-24(33-5)25(34-6)14-23(22)29-26(21)28/h13-14,17-18,20,29H,7-12,15-16H2,1-6H3/t17?,18?,20-,28?/m0/s1. The molecule has 1 N–H and O–H groups in total. The number of methoxy groups -OCH3 is 2. The number of piperidine rings is 1. The van der Waals surface area contributed by atoms with Crippen LogP contribution in [0.1, 0.15) is 58.2 Å². The molecule has 4 rings (SSSR count). The van der Waals surface area contributed by atoms with Crippen molar-refractivity contribution in [3.63, 3.8) is 0 Å². The van der Waals surface area contributed by atoms with Gasteiger partial charge in [0, 0.05) is 48.7 Å². The number of esters is 2. The average Bonchev–Trinajstić information content (AvgIpc) is 3.18. The summed E-state index contributed by atoms with van der Waals surface area (Å²) in [4.78, 5) is 31.2. The predicted molar refractivity (Wildman–Crippen MR) is 138 cm³/mol. The lowest BCUT2D eigenvalue weighted by atomic mass is 9.66. The molecule has 1 saturated heterocycles. The number of hydrogen-bond acceptors (Lipinski definition) is 7. The van der Waals surface area contributed by atoms with Crippen LogP contribution in [-0.4, -0.2) is 68.4 Å². The van der Waals surface area contributed by atoms with Crippen LogP contribution in [0, 0.1) is 11.8 Å². The second kappa shape index (κ2) is 10.7. The topological polar surface area (TPSA) is 90.1 Å². The molecule has 1 fully saturated rings. The average molecular weight is 501 g/mol. The van der Waals surface area contributed by atoms with Crippen LogP contribution in [0.25, 0.3) is 10.9 Å². The van der Waals surface area contributed by atoms with Gasteiger partial charge in [-0.25, -0.2) is 0 Å². The third-order valence-electron chi connectivity index (χ3n) is 8.16. The third kappa shape index (κ3) is 4.67. The van der Waals surface area contributed by atoms with E-state index in [0.29, 0.717) is 36.5 Å². The summed E-state index contributed by atoms with van der Waals surface area (Å²) in [7, 11) is 3.27. The first-order valence-electron chi connectivity index (χ1n) is 13.1. The molecule has 1 aromatic heterocycles. The molecular weight excluding hydrogens is 460 g/mol. The van der Waals surface area contributed by atoms with E-state index in [1.807, 2.05) is 19.1 Å². The third-order valence-corrected chi connectivity index (χ3v) is 8.16. The van der Waals surface area contributed by atoms with Gasteiger partial charge in [0.25, 0.3) is 0 Å². The van der Waals surface area contributed by atoms with E-state index < -0.39 is 5.41 Å². The van der Waals surface area contributed by atoms with Crippen molar-refractivity contribution in [2.45, 2.75) is 64.8 Å². The number of H-pyrrole nitrogens is 1. The van der Waals surface area contributed by atoms with Gasteiger partial charge in [-0.15, -0.1) is 0 Å². The van der Waals surface area contributed by atoms with Crippen LogP contribution in [0.15, 0.2) is 12.1 Å². The molecule has 0 radical (unpaired) electrons. The van der Waals surface area contributed by atoms with E-state index in [-0.39, 0.29) is 18.0 Å².